The quantitative estimate of drug-likeness (QED) is 0.778. The maximum atomic E-state index is 13.8. The highest BCUT2D eigenvalue weighted by atomic mass is 32.2. The minimum atomic E-state index is -3.42. The SMILES string of the molecule is Cc1ccc(NC(=O)C(=O)N[C@H](CS(C)(=O)=O)c2ccccc2)c(F)c1. The van der Waals surface area contributed by atoms with Crippen LogP contribution in [0.1, 0.15) is 17.2 Å². The Morgan fingerprint density at radius 3 is 2.31 bits per heavy atom. The van der Waals surface area contributed by atoms with Crippen LogP contribution in [0, 0.1) is 12.7 Å². The second-order valence-electron chi connectivity index (χ2n) is 5.97. The van der Waals surface area contributed by atoms with Crippen LogP contribution in [0.2, 0.25) is 0 Å². The first-order valence-electron chi connectivity index (χ1n) is 7.76. The third-order valence-electron chi connectivity index (χ3n) is 3.56. The van der Waals surface area contributed by atoms with Gasteiger partial charge in [-0.15, -0.1) is 0 Å². The number of carbonyl (C=O) groups excluding carboxylic acids is 2. The summed E-state index contributed by atoms with van der Waals surface area (Å²) >= 11 is 0. The third-order valence-corrected chi connectivity index (χ3v) is 4.49. The molecule has 2 amide bonds. The van der Waals surface area contributed by atoms with Gasteiger partial charge in [-0.3, -0.25) is 9.59 Å². The second-order valence-corrected chi connectivity index (χ2v) is 8.15. The van der Waals surface area contributed by atoms with E-state index >= 15 is 0 Å². The van der Waals surface area contributed by atoms with Crippen molar-refractivity contribution in [2.75, 3.05) is 17.3 Å². The highest BCUT2D eigenvalue weighted by Crippen LogP contribution is 2.17. The van der Waals surface area contributed by atoms with Gasteiger partial charge in [0.05, 0.1) is 17.5 Å². The van der Waals surface area contributed by atoms with Crippen LogP contribution in [0.15, 0.2) is 48.5 Å². The van der Waals surface area contributed by atoms with Gasteiger partial charge >= 0.3 is 11.8 Å². The molecule has 0 aliphatic rings. The predicted octanol–water partition coefficient (Wildman–Crippen LogP) is 1.97. The van der Waals surface area contributed by atoms with Gasteiger partial charge in [0.25, 0.3) is 0 Å². The van der Waals surface area contributed by atoms with E-state index in [1.165, 1.54) is 12.1 Å². The second kappa shape index (κ2) is 8.09. The van der Waals surface area contributed by atoms with Gasteiger partial charge in [-0.2, -0.15) is 0 Å². The summed E-state index contributed by atoms with van der Waals surface area (Å²) in [5, 5.41) is 4.57. The summed E-state index contributed by atoms with van der Waals surface area (Å²) in [5.41, 5.74) is 1.08. The summed E-state index contributed by atoms with van der Waals surface area (Å²) in [5.74, 6) is -3.17. The van der Waals surface area contributed by atoms with E-state index in [1.54, 1.807) is 43.3 Å². The van der Waals surface area contributed by atoms with E-state index in [-0.39, 0.29) is 11.4 Å². The molecule has 2 aromatic rings. The molecule has 0 saturated heterocycles. The molecule has 1 atom stereocenters. The first kappa shape index (κ1) is 19.6. The van der Waals surface area contributed by atoms with Crippen LogP contribution < -0.4 is 10.6 Å². The van der Waals surface area contributed by atoms with Crippen molar-refractivity contribution in [1.82, 2.24) is 5.32 Å². The Balaban J connectivity index is 2.14. The summed E-state index contributed by atoms with van der Waals surface area (Å²) in [7, 11) is -3.42. The first-order valence-corrected chi connectivity index (χ1v) is 9.82. The molecule has 0 aliphatic carbocycles. The van der Waals surface area contributed by atoms with Crippen LogP contribution in [-0.2, 0) is 19.4 Å². The topological polar surface area (TPSA) is 92.3 Å². The number of carbonyl (C=O) groups is 2. The first-order chi connectivity index (χ1) is 12.2. The number of nitrogens with one attached hydrogen (secondary N) is 2. The Morgan fingerprint density at radius 1 is 1.08 bits per heavy atom. The lowest BCUT2D eigenvalue weighted by molar-refractivity contribution is -0.136. The zero-order valence-corrected chi connectivity index (χ0v) is 15.1. The van der Waals surface area contributed by atoms with Crippen molar-refractivity contribution < 1.29 is 22.4 Å². The van der Waals surface area contributed by atoms with Crippen LogP contribution in [0.3, 0.4) is 0 Å². The molecule has 2 N–H and O–H groups in total. The average molecular weight is 378 g/mol. The minimum Gasteiger partial charge on any atom is -0.340 e. The highest BCUT2D eigenvalue weighted by molar-refractivity contribution is 7.90. The number of benzene rings is 2. The predicted molar refractivity (Wildman–Crippen MR) is 96.8 cm³/mol. The smallest absolute Gasteiger partial charge is 0.313 e. The van der Waals surface area contributed by atoms with Crippen LogP contribution in [0.4, 0.5) is 10.1 Å². The minimum absolute atomic E-state index is 0.130. The molecule has 0 saturated carbocycles. The summed E-state index contributed by atoms with van der Waals surface area (Å²) < 4.78 is 37.1. The maximum absolute atomic E-state index is 13.8. The molecule has 0 fully saturated rings. The van der Waals surface area contributed by atoms with Crippen LogP contribution in [0.25, 0.3) is 0 Å². The number of aryl methyl sites for hydroxylation is 1. The molecular weight excluding hydrogens is 359 g/mol. The van der Waals surface area contributed by atoms with Crippen molar-refractivity contribution in [2.45, 2.75) is 13.0 Å². The number of hydrogen-bond donors (Lipinski definition) is 2. The van der Waals surface area contributed by atoms with E-state index in [9.17, 15) is 22.4 Å². The van der Waals surface area contributed by atoms with Crippen LogP contribution in [0.5, 0.6) is 0 Å². The lowest BCUT2D eigenvalue weighted by atomic mass is 10.1. The van der Waals surface area contributed by atoms with E-state index in [0.29, 0.717) is 11.1 Å². The molecule has 8 heteroatoms. The van der Waals surface area contributed by atoms with Crippen LogP contribution >= 0.6 is 0 Å². The average Bonchev–Trinajstić information content (AvgIpc) is 2.56. The lowest BCUT2D eigenvalue weighted by Gasteiger charge is -2.18. The van der Waals surface area contributed by atoms with Gasteiger partial charge in [0.2, 0.25) is 0 Å². The van der Waals surface area contributed by atoms with Gasteiger partial charge in [-0.25, -0.2) is 12.8 Å². The molecule has 6 nitrogen and oxygen atoms in total. The number of sulfone groups is 1. The highest BCUT2D eigenvalue weighted by Gasteiger charge is 2.23. The third kappa shape index (κ3) is 5.66. The number of amides is 2. The van der Waals surface area contributed by atoms with Gasteiger partial charge in [-0.05, 0) is 30.2 Å². The molecule has 0 aromatic heterocycles. The summed E-state index contributed by atoms with van der Waals surface area (Å²) in [6, 6.07) is 11.7. The van der Waals surface area contributed by atoms with E-state index in [2.05, 4.69) is 10.6 Å². The van der Waals surface area contributed by atoms with Gasteiger partial charge in [0.15, 0.2) is 0 Å². The molecule has 0 radical (unpaired) electrons. The Bertz CT molecular complexity index is 914. The molecule has 26 heavy (non-hydrogen) atoms. The summed E-state index contributed by atoms with van der Waals surface area (Å²) in [4.78, 5) is 24.2. The van der Waals surface area contributed by atoms with E-state index < -0.39 is 33.5 Å². The summed E-state index contributed by atoms with van der Waals surface area (Å²) in [6.45, 7) is 1.69. The van der Waals surface area contributed by atoms with Crippen molar-refractivity contribution in [1.29, 1.82) is 0 Å². The molecule has 0 aliphatic heterocycles. The largest absolute Gasteiger partial charge is 0.340 e. The number of hydrogen-bond acceptors (Lipinski definition) is 4. The number of anilines is 1. The maximum Gasteiger partial charge on any atom is 0.313 e. The fourth-order valence-electron chi connectivity index (χ4n) is 2.33. The van der Waals surface area contributed by atoms with E-state index in [4.69, 9.17) is 0 Å². The monoisotopic (exact) mass is 378 g/mol. The molecule has 2 aromatic carbocycles. The normalized spacial score (nSPS) is 12.3. The molecule has 0 unspecified atom stereocenters. The van der Waals surface area contributed by atoms with E-state index in [1.807, 2.05) is 0 Å². The summed E-state index contributed by atoms with van der Waals surface area (Å²) in [6.07, 6.45) is 1.04. The zero-order chi connectivity index (χ0) is 19.3. The Kier molecular flexibility index (Phi) is 6.10. The Hall–Kier alpha value is -2.74. The van der Waals surface area contributed by atoms with Gasteiger partial charge in [0.1, 0.15) is 15.7 Å². The zero-order valence-electron chi connectivity index (χ0n) is 14.3. The van der Waals surface area contributed by atoms with Crippen LogP contribution in [-0.4, -0.2) is 32.2 Å². The van der Waals surface area contributed by atoms with Crippen molar-refractivity contribution in [3.63, 3.8) is 0 Å². The standard InChI is InChI=1S/C18H19FN2O4S/c1-12-8-9-15(14(19)10-12)20-17(22)18(23)21-16(11-26(2,24)25)13-6-4-3-5-7-13/h3-10,16H,11H2,1-2H3,(H,20,22)(H,21,23)/t16-/m1/s1. The van der Waals surface area contributed by atoms with Crippen molar-refractivity contribution in [3.05, 3.63) is 65.5 Å². The Labute approximate surface area is 151 Å². The van der Waals surface area contributed by atoms with Gasteiger partial charge in [0, 0.05) is 6.26 Å². The van der Waals surface area contributed by atoms with E-state index in [0.717, 1.165) is 6.26 Å². The van der Waals surface area contributed by atoms with Gasteiger partial charge in [-0.1, -0.05) is 36.4 Å². The van der Waals surface area contributed by atoms with Gasteiger partial charge < -0.3 is 10.6 Å². The van der Waals surface area contributed by atoms with Crippen molar-refractivity contribution >= 4 is 27.3 Å². The molecule has 2 rings (SSSR count). The molecule has 0 spiro atoms. The molecular formula is C18H19FN2O4S. The Morgan fingerprint density at radius 2 is 1.73 bits per heavy atom. The molecule has 0 heterocycles. The number of rotatable bonds is 5. The molecule has 138 valence electrons. The molecule has 0 bridgehead atoms. The lowest BCUT2D eigenvalue weighted by Crippen LogP contribution is -2.40. The number of halogens is 1. The fraction of sp³-hybridized carbons (Fsp3) is 0.222. The van der Waals surface area contributed by atoms with Crippen molar-refractivity contribution in [3.8, 4) is 0 Å². The fourth-order valence-corrected chi connectivity index (χ4v) is 3.21. The van der Waals surface area contributed by atoms with Crippen molar-refractivity contribution in [2.24, 2.45) is 0 Å².